The highest BCUT2D eigenvalue weighted by Gasteiger charge is 2.27. The summed E-state index contributed by atoms with van der Waals surface area (Å²) in [7, 11) is 0. The Hall–Kier alpha value is -0.820. The van der Waals surface area contributed by atoms with Crippen molar-refractivity contribution in [3.63, 3.8) is 0 Å². The molecule has 0 heterocycles. The maximum Gasteiger partial charge on any atom is 0.00107 e. The number of nitrogens with one attached hydrogen (secondary N) is 1. The quantitative estimate of drug-likeness (QED) is 0.772. The van der Waals surface area contributed by atoms with Crippen LogP contribution in [0.5, 0.6) is 0 Å². The molecule has 0 saturated heterocycles. The SMILES string of the molecule is CCNCC(C)(Cc1ccccc1)C(C)C. The molecule has 1 aromatic rings. The minimum atomic E-state index is 0.345. The molecular formula is C15H25N. The first-order valence-corrected chi connectivity index (χ1v) is 6.33. The van der Waals surface area contributed by atoms with E-state index in [1.165, 1.54) is 5.56 Å². The standard InChI is InChI=1S/C15H25N/c1-5-16-12-15(4,13(2)3)11-14-9-7-6-8-10-14/h6-10,13,16H,5,11-12H2,1-4H3. The summed E-state index contributed by atoms with van der Waals surface area (Å²) in [6, 6.07) is 10.8. The van der Waals surface area contributed by atoms with E-state index in [1.54, 1.807) is 0 Å². The van der Waals surface area contributed by atoms with Gasteiger partial charge >= 0.3 is 0 Å². The van der Waals surface area contributed by atoms with Crippen LogP contribution in [0.1, 0.15) is 33.3 Å². The number of rotatable bonds is 6. The highest BCUT2D eigenvalue weighted by molar-refractivity contribution is 5.16. The predicted octanol–water partition coefficient (Wildman–Crippen LogP) is 3.50. The summed E-state index contributed by atoms with van der Waals surface area (Å²) in [5.74, 6) is 0.687. The first-order chi connectivity index (χ1) is 7.58. The molecule has 1 atom stereocenters. The highest BCUT2D eigenvalue weighted by Crippen LogP contribution is 2.30. The van der Waals surface area contributed by atoms with Crippen LogP contribution in [-0.2, 0) is 6.42 Å². The second-order valence-electron chi connectivity index (χ2n) is 5.25. The molecule has 0 fully saturated rings. The first-order valence-electron chi connectivity index (χ1n) is 6.33. The fourth-order valence-electron chi connectivity index (χ4n) is 1.94. The van der Waals surface area contributed by atoms with E-state index in [4.69, 9.17) is 0 Å². The zero-order valence-corrected chi connectivity index (χ0v) is 11.1. The maximum atomic E-state index is 3.49. The summed E-state index contributed by atoms with van der Waals surface area (Å²) in [5, 5.41) is 3.49. The molecule has 0 aliphatic carbocycles. The Morgan fingerprint density at radius 1 is 1.19 bits per heavy atom. The van der Waals surface area contributed by atoms with E-state index in [9.17, 15) is 0 Å². The van der Waals surface area contributed by atoms with Gasteiger partial charge in [0.25, 0.3) is 0 Å². The molecule has 1 aromatic carbocycles. The van der Waals surface area contributed by atoms with Crippen LogP contribution in [0, 0.1) is 11.3 Å². The van der Waals surface area contributed by atoms with E-state index in [2.05, 4.69) is 63.3 Å². The van der Waals surface area contributed by atoms with E-state index >= 15 is 0 Å². The molecule has 90 valence electrons. The fourth-order valence-corrected chi connectivity index (χ4v) is 1.94. The van der Waals surface area contributed by atoms with Crippen molar-refractivity contribution in [2.24, 2.45) is 11.3 Å². The molecule has 0 bridgehead atoms. The van der Waals surface area contributed by atoms with Gasteiger partial charge in [0.2, 0.25) is 0 Å². The zero-order valence-electron chi connectivity index (χ0n) is 11.1. The lowest BCUT2D eigenvalue weighted by Gasteiger charge is -2.34. The highest BCUT2D eigenvalue weighted by atomic mass is 14.9. The van der Waals surface area contributed by atoms with Crippen molar-refractivity contribution >= 4 is 0 Å². The van der Waals surface area contributed by atoms with Gasteiger partial charge in [-0.1, -0.05) is 58.0 Å². The van der Waals surface area contributed by atoms with Gasteiger partial charge in [-0.25, -0.2) is 0 Å². The number of hydrogen-bond acceptors (Lipinski definition) is 1. The van der Waals surface area contributed by atoms with Crippen LogP contribution < -0.4 is 5.32 Å². The van der Waals surface area contributed by atoms with Crippen LogP contribution in [-0.4, -0.2) is 13.1 Å². The third-order valence-corrected chi connectivity index (χ3v) is 3.62. The lowest BCUT2D eigenvalue weighted by molar-refractivity contribution is 0.209. The zero-order chi connectivity index (χ0) is 12.0. The van der Waals surface area contributed by atoms with Crippen LogP contribution in [0.3, 0.4) is 0 Å². The van der Waals surface area contributed by atoms with Crippen molar-refractivity contribution in [1.29, 1.82) is 0 Å². The molecule has 0 aromatic heterocycles. The Bertz CT molecular complexity index is 292. The molecule has 0 saturated carbocycles. The van der Waals surface area contributed by atoms with Crippen LogP contribution in [0.15, 0.2) is 30.3 Å². The monoisotopic (exact) mass is 219 g/mol. The summed E-state index contributed by atoms with van der Waals surface area (Å²) < 4.78 is 0. The average molecular weight is 219 g/mol. The summed E-state index contributed by atoms with van der Waals surface area (Å²) in [6.45, 7) is 11.3. The van der Waals surface area contributed by atoms with Crippen molar-refractivity contribution < 1.29 is 0 Å². The van der Waals surface area contributed by atoms with E-state index in [0.29, 0.717) is 11.3 Å². The predicted molar refractivity (Wildman–Crippen MR) is 71.6 cm³/mol. The van der Waals surface area contributed by atoms with Gasteiger partial charge in [0.15, 0.2) is 0 Å². The summed E-state index contributed by atoms with van der Waals surface area (Å²) in [4.78, 5) is 0. The summed E-state index contributed by atoms with van der Waals surface area (Å²) in [6.07, 6.45) is 1.15. The van der Waals surface area contributed by atoms with Crippen LogP contribution in [0.25, 0.3) is 0 Å². The molecule has 16 heavy (non-hydrogen) atoms. The van der Waals surface area contributed by atoms with Crippen molar-refractivity contribution in [3.05, 3.63) is 35.9 Å². The Kier molecular flexibility index (Phi) is 5.01. The molecular weight excluding hydrogens is 194 g/mol. The summed E-state index contributed by atoms with van der Waals surface area (Å²) in [5.41, 5.74) is 1.79. The van der Waals surface area contributed by atoms with Gasteiger partial charge in [0, 0.05) is 6.54 Å². The van der Waals surface area contributed by atoms with Crippen molar-refractivity contribution in [2.45, 2.75) is 34.1 Å². The Morgan fingerprint density at radius 2 is 1.81 bits per heavy atom. The van der Waals surface area contributed by atoms with Gasteiger partial charge in [-0.15, -0.1) is 0 Å². The molecule has 1 heteroatoms. The Labute approximate surface area is 100 Å². The van der Waals surface area contributed by atoms with E-state index in [1.807, 2.05) is 0 Å². The lowest BCUT2D eigenvalue weighted by atomic mass is 9.74. The van der Waals surface area contributed by atoms with Crippen molar-refractivity contribution in [2.75, 3.05) is 13.1 Å². The van der Waals surface area contributed by atoms with Gasteiger partial charge in [-0.2, -0.15) is 0 Å². The topological polar surface area (TPSA) is 12.0 Å². The van der Waals surface area contributed by atoms with Gasteiger partial charge in [0.05, 0.1) is 0 Å². The second-order valence-corrected chi connectivity index (χ2v) is 5.25. The molecule has 1 nitrogen and oxygen atoms in total. The lowest BCUT2D eigenvalue weighted by Crippen LogP contribution is -2.37. The maximum absolute atomic E-state index is 3.49. The van der Waals surface area contributed by atoms with Crippen LogP contribution in [0.4, 0.5) is 0 Å². The molecule has 0 aliphatic rings. The fraction of sp³-hybridized carbons (Fsp3) is 0.600. The largest absolute Gasteiger partial charge is 0.316 e. The Balaban J connectivity index is 2.71. The van der Waals surface area contributed by atoms with Crippen molar-refractivity contribution in [3.8, 4) is 0 Å². The van der Waals surface area contributed by atoms with E-state index in [-0.39, 0.29) is 0 Å². The normalized spacial score (nSPS) is 15.1. The molecule has 0 aliphatic heterocycles. The number of benzene rings is 1. The van der Waals surface area contributed by atoms with Gasteiger partial charge in [-0.3, -0.25) is 0 Å². The van der Waals surface area contributed by atoms with Crippen LogP contribution in [0.2, 0.25) is 0 Å². The van der Waals surface area contributed by atoms with Gasteiger partial charge in [-0.05, 0) is 29.9 Å². The van der Waals surface area contributed by atoms with Gasteiger partial charge in [0.1, 0.15) is 0 Å². The molecule has 0 spiro atoms. The molecule has 1 N–H and O–H groups in total. The van der Waals surface area contributed by atoms with Crippen LogP contribution >= 0.6 is 0 Å². The first kappa shape index (κ1) is 13.2. The average Bonchev–Trinajstić information content (AvgIpc) is 2.27. The third-order valence-electron chi connectivity index (χ3n) is 3.62. The Morgan fingerprint density at radius 3 is 2.31 bits per heavy atom. The minimum absolute atomic E-state index is 0.345. The molecule has 1 unspecified atom stereocenters. The van der Waals surface area contributed by atoms with Crippen molar-refractivity contribution in [1.82, 2.24) is 5.32 Å². The van der Waals surface area contributed by atoms with E-state index < -0.39 is 0 Å². The smallest absolute Gasteiger partial charge is 0.00107 e. The van der Waals surface area contributed by atoms with Gasteiger partial charge < -0.3 is 5.32 Å². The second kappa shape index (κ2) is 6.05. The third kappa shape index (κ3) is 3.64. The molecule has 0 amide bonds. The molecule has 0 radical (unpaired) electrons. The minimum Gasteiger partial charge on any atom is -0.316 e. The van der Waals surface area contributed by atoms with E-state index in [0.717, 1.165) is 19.5 Å². The molecule has 1 rings (SSSR count). The summed E-state index contributed by atoms with van der Waals surface area (Å²) >= 11 is 0. The number of hydrogen-bond donors (Lipinski definition) is 1.